The highest BCUT2D eigenvalue weighted by atomic mass is 35.5. The molecule has 0 saturated heterocycles. The molecule has 0 radical (unpaired) electrons. The number of amides is 1. The molecule has 0 bridgehead atoms. The summed E-state index contributed by atoms with van der Waals surface area (Å²) in [5, 5.41) is 8.91. The summed E-state index contributed by atoms with van der Waals surface area (Å²) in [6.07, 6.45) is 0. The van der Waals surface area contributed by atoms with E-state index in [-0.39, 0.29) is 18.0 Å². The Labute approximate surface area is 144 Å². The Bertz CT molecular complexity index is 868. The Hall–Kier alpha value is -3.05. The van der Waals surface area contributed by atoms with Crippen molar-refractivity contribution in [3.63, 3.8) is 0 Å². The smallest absolute Gasteiger partial charge is 0.335 e. The Balaban J connectivity index is 0.00000208. The molecule has 122 valence electrons. The zero-order valence-corrected chi connectivity index (χ0v) is 13.3. The Morgan fingerprint density at radius 2 is 1.29 bits per heavy atom. The second-order valence-corrected chi connectivity index (χ2v) is 5.11. The van der Waals surface area contributed by atoms with E-state index in [1.807, 2.05) is 24.3 Å². The largest absolute Gasteiger partial charge is 0.478 e. The van der Waals surface area contributed by atoms with E-state index in [0.29, 0.717) is 5.69 Å². The van der Waals surface area contributed by atoms with Crippen LogP contribution in [0.5, 0.6) is 0 Å². The Kier molecular flexibility index (Phi) is 5.06. The normalized spacial score (nSPS) is 10.0. The molecule has 0 aliphatic carbocycles. The second-order valence-electron chi connectivity index (χ2n) is 5.11. The number of hydrogen-bond donors (Lipinski definition) is 3. The van der Waals surface area contributed by atoms with Gasteiger partial charge in [0.25, 0.3) is 5.91 Å². The summed E-state index contributed by atoms with van der Waals surface area (Å²) in [7, 11) is 0. The molecule has 1 amide bonds. The second kappa shape index (κ2) is 7.02. The van der Waals surface area contributed by atoms with Crippen LogP contribution in [0, 0.1) is 0 Å². The van der Waals surface area contributed by atoms with Crippen molar-refractivity contribution in [1.29, 1.82) is 0 Å². The third-order valence-corrected chi connectivity index (χ3v) is 3.61. The minimum absolute atomic E-state index is 0. The van der Waals surface area contributed by atoms with E-state index in [4.69, 9.17) is 10.8 Å². The number of carboxylic acids is 1. The number of carbonyl (C=O) groups excluding carboxylic acids is 1. The minimum atomic E-state index is -0.941. The van der Waals surface area contributed by atoms with Crippen molar-refractivity contribution in [2.45, 2.75) is 0 Å². The molecule has 1 aromatic heterocycles. The summed E-state index contributed by atoms with van der Waals surface area (Å²) in [6.45, 7) is 0. The molecule has 0 spiro atoms. The molecular formula is C18H15ClN2O3. The molecule has 0 unspecified atom stereocenters. The molecular weight excluding hydrogens is 328 g/mol. The molecule has 4 N–H and O–H groups in total. The van der Waals surface area contributed by atoms with Crippen molar-refractivity contribution in [3.05, 3.63) is 71.9 Å². The van der Waals surface area contributed by atoms with E-state index in [0.717, 1.165) is 22.4 Å². The fraction of sp³-hybridized carbons (Fsp3) is 0. The van der Waals surface area contributed by atoms with Crippen LogP contribution in [0.3, 0.4) is 0 Å². The number of aromatic nitrogens is 1. The third-order valence-electron chi connectivity index (χ3n) is 3.61. The lowest BCUT2D eigenvalue weighted by molar-refractivity contribution is 0.0696. The lowest BCUT2D eigenvalue weighted by Gasteiger charge is -2.04. The van der Waals surface area contributed by atoms with Gasteiger partial charge in [-0.2, -0.15) is 0 Å². The van der Waals surface area contributed by atoms with Gasteiger partial charge in [-0.05, 0) is 41.0 Å². The number of carboxylic acid groups (broad SMARTS) is 1. The first-order valence-electron chi connectivity index (χ1n) is 6.97. The van der Waals surface area contributed by atoms with Crippen LogP contribution in [0.4, 0.5) is 0 Å². The van der Waals surface area contributed by atoms with Crippen molar-refractivity contribution in [2.24, 2.45) is 5.73 Å². The van der Waals surface area contributed by atoms with Gasteiger partial charge in [-0.1, -0.05) is 36.4 Å². The van der Waals surface area contributed by atoms with Crippen LogP contribution in [0.15, 0.2) is 60.7 Å². The van der Waals surface area contributed by atoms with Crippen LogP contribution in [0.2, 0.25) is 0 Å². The summed E-state index contributed by atoms with van der Waals surface area (Å²) in [5.74, 6) is -1.43. The van der Waals surface area contributed by atoms with Gasteiger partial charge in [0, 0.05) is 5.69 Å². The lowest BCUT2D eigenvalue weighted by atomic mass is 10.0. The van der Waals surface area contributed by atoms with Crippen molar-refractivity contribution in [3.8, 4) is 22.4 Å². The van der Waals surface area contributed by atoms with E-state index in [2.05, 4.69) is 4.98 Å². The SMILES string of the molecule is Cl.NC(=O)c1ccc(-c2ccc(-c3ccc(C(=O)O)cc3)cc2)[nH]1. The number of benzene rings is 2. The Morgan fingerprint density at radius 3 is 1.75 bits per heavy atom. The maximum absolute atomic E-state index is 11.1. The predicted molar refractivity (Wildman–Crippen MR) is 94.4 cm³/mol. The summed E-state index contributed by atoms with van der Waals surface area (Å²) >= 11 is 0. The lowest BCUT2D eigenvalue weighted by Crippen LogP contribution is -2.10. The van der Waals surface area contributed by atoms with E-state index in [1.54, 1.807) is 36.4 Å². The minimum Gasteiger partial charge on any atom is -0.478 e. The molecule has 0 aliphatic rings. The monoisotopic (exact) mass is 342 g/mol. The summed E-state index contributed by atoms with van der Waals surface area (Å²) in [4.78, 5) is 24.9. The van der Waals surface area contributed by atoms with E-state index in [1.165, 1.54) is 0 Å². The number of nitrogens with two attached hydrogens (primary N) is 1. The van der Waals surface area contributed by atoms with Crippen LogP contribution >= 0.6 is 12.4 Å². The van der Waals surface area contributed by atoms with E-state index in [9.17, 15) is 9.59 Å². The van der Waals surface area contributed by atoms with Gasteiger partial charge < -0.3 is 15.8 Å². The van der Waals surface area contributed by atoms with Gasteiger partial charge >= 0.3 is 5.97 Å². The molecule has 3 aromatic rings. The first kappa shape index (κ1) is 17.3. The van der Waals surface area contributed by atoms with Gasteiger partial charge in [-0.15, -0.1) is 12.4 Å². The van der Waals surface area contributed by atoms with Gasteiger partial charge in [0.2, 0.25) is 0 Å². The molecule has 0 atom stereocenters. The van der Waals surface area contributed by atoms with Crippen LogP contribution in [0.1, 0.15) is 20.8 Å². The number of nitrogens with one attached hydrogen (secondary N) is 1. The van der Waals surface area contributed by atoms with E-state index < -0.39 is 11.9 Å². The zero-order valence-electron chi connectivity index (χ0n) is 12.5. The summed E-state index contributed by atoms with van der Waals surface area (Å²) in [6, 6.07) is 17.9. The fourth-order valence-electron chi connectivity index (χ4n) is 2.35. The third kappa shape index (κ3) is 3.47. The fourth-order valence-corrected chi connectivity index (χ4v) is 2.35. The summed E-state index contributed by atoms with van der Waals surface area (Å²) < 4.78 is 0. The number of aromatic carboxylic acids is 1. The van der Waals surface area contributed by atoms with Crippen molar-refractivity contribution >= 4 is 24.3 Å². The van der Waals surface area contributed by atoms with Crippen molar-refractivity contribution in [1.82, 2.24) is 4.98 Å². The number of primary amides is 1. The molecule has 24 heavy (non-hydrogen) atoms. The number of carbonyl (C=O) groups is 2. The van der Waals surface area contributed by atoms with Crippen LogP contribution in [-0.2, 0) is 0 Å². The van der Waals surface area contributed by atoms with E-state index >= 15 is 0 Å². The highest BCUT2D eigenvalue weighted by Crippen LogP contribution is 2.24. The van der Waals surface area contributed by atoms with Crippen molar-refractivity contribution in [2.75, 3.05) is 0 Å². The maximum atomic E-state index is 11.1. The average Bonchev–Trinajstić information content (AvgIpc) is 3.05. The molecule has 0 fully saturated rings. The van der Waals surface area contributed by atoms with Gasteiger partial charge in [-0.25, -0.2) is 4.79 Å². The average molecular weight is 343 g/mol. The molecule has 0 aliphatic heterocycles. The van der Waals surface area contributed by atoms with Crippen LogP contribution in [-0.4, -0.2) is 22.0 Å². The number of aromatic amines is 1. The summed E-state index contributed by atoms with van der Waals surface area (Å²) in [5.41, 5.74) is 9.52. The predicted octanol–water partition coefficient (Wildman–Crippen LogP) is 3.57. The molecule has 0 saturated carbocycles. The molecule has 3 rings (SSSR count). The highest BCUT2D eigenvalue weighted by molar-refractivity contribution is 5.92. The van der Waals surface area contributed by atoms with Crippen molar-refractivity contribution < 1.29 is 14.7 Å². The first-order valence-corrected chi connectivity index (χ1v) is 6.97. The first-order chi connectivity index (χ1) is 11.0. The van der Waals surface area contributed by atoms with Gasteiger partial charge in [-0.3, -0.25) is 4.79 Å². The van der Waals surface area contributed by atoms with Gasteiger partial charge in [0.05, 0.1) is 5.56 Å². The van der Waals surface area contributed by atoms with Crippen LogP contribution in [0.25, 0.3) is 22.4 Å². The quantitative estimate of drug-likeness (QED) is 0.676. The molecule has 6 heteroatoms. The number of halogens is 1. The topological polar surface area (TPSA) is 96.2 Å². The van der Waals surface area contributed by atoms with Crippen LogP contribution < -0.4 is 5.73 Å². The molecule has 1 heterocycles. The molecule has 5 nitrogen and oxygen atoms in total. The standard InChI is InChI=1S/C18H14N2O3.ClH/c19-17(21)16-10-9-15(20-16)13-5-1-11(2-6-13)12-3-7-14(8-4-12)18(22)23;/h1-10,20H,(H2,19,21)(H,22,23);1H. The zero-order chi connectivity index (χ0) is 16.4. The number of hydrogen-bond acceptors (Lipinski definition) is 2. The number of rotatable bonds is 4. The van der Waals surface area contributed by atoms with Gasteiger partial charge in [0.1, 0.15) is 5.69 Å². The molecule has 2 aromatic carbocycles. The Morgan fingerprint density at radius 1 is 0.792 bits per heavy atom. The maximum Gasteiger partial charge on any atom is 0.335 e. The highest BCUT2D eigenvalue weighted by Gasteiger charge is 2.07. The van der Waals surface area contributed by atoms with Gasteiger partial charge in [0.15, 0.2) is 0 Å². The number of H-pyrrole nitrogens is 1.